The molecule has 2 aliphatic rings. The van der Waals surface area contributed by atoms with Gasteiger partial charge in [0.25, 0.3) is 5.91 Å². The summed E-state index contributed by atoms with van der Waals surface area (Å²) >= 11 is 0. The van der Waals surface area contributed by atoms with Gasteiger partial charge >= 0.3 is 12.3 Å². The fraction of sp³-hybridized carbons (Fsp3) is 0.464. The quantitative estimate of drug-likeness (QED) is 0.486. The Balaban J connectivity index is 1.77. The van der Waals surface area contributed by atoms with E-state index in [2.05, 4.69) is 5.32 Å². The molecule has 0 aliphatic carbocycles. The van der Waals surface area contributed by atoms with Crippen molar-refractivity contribution >= 4 is 28.9 Å². The van der Waals surface area contributed by atoms with Crippen LogP contribution in [-0.2, 0) is 10.9 Å². The minimum absolute atomic E-state index is 0.0194. The van der Waals surface area contributed by atoms with Gasteiger partial charge < -0.3 is 29.7 Å². The number of pyridine rings is 1. The molecule has 3 heterocycles. The molecule has 0 saturated carbocycles. The van der Waals surface area contributed by atoms with Crippen molar-refractivity contribution in [1.29, 1.82) is 0 Å². The number of nitrogens with zero attached hydrogens (tertiary/aromatic N) is 3. The van der Waals surface area contributed by atoms with E-state index in [4.69, 9.17) is 4.74 Å². The number of halogens is 5. The minimum Gasteiger partial charge on any atom is -0.447 e. The van der Waals surface area contributed by atoms with E-state index in [-0.39, 0.29) is 49.0 Å². The maximum absolute atomic E-state index is 16.3. The Morgan fingerprint density at radius 3 is 2.45 bits per heavy atom. The fourth-order valence-corrected chi connectivity index (χ4v) is 4.95. The lowest BCUT2D eigenvalue weighted by Gasteiger charge is -2.40. The van der Waals surface area contributed by atoms with Gasteiger partial charge in [0.1, 0.15) is 11.5 Å². The van der Waals surface area contributed by atoms with E-state index in [0.29, 0.717) is 25.8 Å². The van der Waals surface area contributed by atoms with Crippen LogP contribution < -0.4 is 15.8 Å². The Morgan fingerprint density at radius 2 is 1.86 bits per heavy atom. The average Bonchev–Trinajstić information content (AvgIpc) is 2.91. The second-order valence-electron chi connectivity index (χ2n) is 10.7. The van der Waals surface area contributed by atoms with Crippen LogP contribution in [0, 0.1) is 11.6 Å². The first-order chi connectivity index (χ1) is 19.7. The molecule has 42 heavy (non-hydrogen) atoms. The lowest BCUT2D eigenvalue weighted by atomic mass is 9.96. The topological polar surface area (TPSA) is 98.0 Å². The van der Waals surface area contributed by atoms with E-state index in [0.717, 1.165) is 6.07 Å². The molecule has 2 N–H and O–H groups in total. The lowest BCUT2D eigenvalue weighted by molar-refractivity contribution is -0.138. The highest BCUT2D eigenvalue weighted by Crippen LogP contribution is 2.39. The Labute approximate surface area is 238 Å². The molecule has 9 nitrogen and oxygen atoms in total. The maximum Gasteiger partial charge on any atom is 0.417 e. The summed E-state index contributed by atoms with van der Waals surface area (Å²) in [5, 5.41) is 2.24. The third kappa shape index (κ3) is 6.58. The highest BCUT2D eigenvalue weighted by atomic mass is 19.4. The minimum atomic E-state index is -5.04. The van der Waals surface area contributed by atoms with E-state index in [1.165, 1.54) is 11.0 Å². The zero-order chi connectivity index (χ0) is 30.9. The number of aromatic amines is 1. The summed E-state index contributed by atoms with van der Waals surface area (Å²) in [6, 6.07) is 1.28. The third-order valence-corrected chi connectivity index (χ3v) is 7.34. The molecule has 1 aromatic heterocycles. The van der Waals surface area contributed by atoms with Crippen LogP contribution in [0.3, 0.4) is 0 Å². The zero-order valence-corrected chi connectivity index (χ0v) is 23.6. The molecule has 0 unspecified atom stereocenters. The van der Waals surface area contributed by atoms with Gasteiger partial charge in [0.2, 0.25) is 5.56 Å². The summed E-state index contributed by atoms with van der Waals surface area (Å²) in [5.41, 5.74) is -4.24. The average molecular weight is 598 g/mol. The van der Waals surface area contributed by atoms with Crippen LogP contribution >= 0.6 is 0 Å². The van der Waals surface area contributed by atoms with Gasteiger partial charge in [-0.05, 0) is 39.8 Å². The molecule has 1 saturated heterocycles. The van der Waals surface area contributed by atoms with Crippen LogP contribution in [0.25, 0.3) is 5.57 Å². The highest BCUT2D eigenvalue weighted by molar-refractivity contribution is 6.07. The van der Waals surface area contributed by atoms with Crippen LogP contribution in [0.5, 0.6) is 0 Å². The van der Waals surface area contributed by atoms with Gasteiger partial charge in [0.05, 0.1) is 28.5 Å². The normalized spacial score (nSPS) is 18.2. The number of amides is 2. The van der Waals surface area contributed by atoms with Crippen LogP contribution in [-0.4, -0.2) is 78.7 Å². The van der Waals surface area contributed by atoms with Gasteiger partial charge in [-0.3, -0.25) is 9.59 Å². The summed E-state index contributed by atoms with van der Waals surface area (Å²) < 4.78 is 78.1. The number of carbonyl (C=O) groups is 2. The maximum atomic E-state index is 16.3. The summed E-state index contributed by atoms with van der Waals surface area (Å²) in [5.74, 6) is -3.41. The SMILES string of the molecule is CC(C)OC(=O)N1CC=C(c2c(F)cc(N3CCN(C)[C@@H](C)C3)c(NC(=O)c3c[nH]c(=O)cc3C(F)(F)F)c2F)CC1. The van der Waals surface area contributed by atoms with Crippen LogP contribution in [0.15, 0.2) is 29.2 Å². The van der Waals surface area contributed by atoms with E-state index < -0.39 is 57.7 Å². The van der Waals surface area contributed by atoms with Crippen molar-refractivity contribution in [3.05, 3.63) is 63.1 Å². The predicted octanol–water partition coefficient (Wildman–Crippen LogP) is 4.70. The summed E-state index contributed by atoms with van der Waals surface area (Å²) in [6.45, 7) is 6.63. The Kier molecular flexibility index (Phi) is 8.95. The number of aromatic nitrogens is 1. The Bertz CT molecular complexity index is 1460. The largest absolute Gasteiger partial charge is 0.447 e. The molecular formula is C28H32F5N5O4. The standard InChI is InChI=1S/C28H32F5N5O4/c1-15(2)42-27(41)37-7-5-17(6-8-37)23-20(29)12-21(38-10-9-36(4)16(3)14-38)25(24(23)30)35-26(40)18-13-34-22(39)11-19(18)28(31,32)33/h5,11-13,15-16H,6-10,14H2,1-4H3,(H,34,39)(H,35,40)/t16-/m0/s1. The molecular weight excluding hydrogens is 565 g/mol. The number of carbonyl (C=O) groups excluding carboxylic acids is 2. The van der Waals surface area contributed by atoms with E-state index in [9.17, 15) is 27.6 Å². The number of hydrogen-bond donors (Lipinski definition) is 2. The molecule has 1 atom stereocenters. The van der Waals surface area contributed by atoms with Gasteiger partial charge in [0, 0.05) is 57.1 Å². The van der Waals surface area contributed by atoms with Crippen molar-refractivity contribution in [1.82, 2.24) is 14.8 Å². The predicted molar refractivity (Wildman–Crippen MR) is 146 cm³/mol. The van der Waals surface area contributed by atoms with Crippen molar-refractivity contribution in [2.24, 2.45) is 0 Å². The molecule has 2 amide bonds. The van der Waals surface area contributed by atoms with Crippen molar-refractivity contribution < 1.29 is 36.3 Å². The Hall–Kier alpha value is -3.94. The highest BCUT2D eigenvalue weighted by Gasteiger charge is 2.37. The smallest absolute Gasteiger partial charge is 0.417 e. The van der Waals surface area contributed by atoms with Crippen LogP contribution in [0.4, 0.5) is 38.1 Å². The first-order valence-electron chi connectivity index (χ1n) is 13.4. The molecule has 1 aromatic carbocycles. The van der Waals surface area contributed by atoms with E-state index in [1.54, 1.807) is 18.7 Å². The monoisotopic (exact) mass is 597 g/mol. The molecule has 2 aromatic rings. The van der Waals surface area contributed by atoms with Gasteiger partial charge in [0.15, 0.2) is 5.82 Å². The number of nitrogens with one attached hydrogen (secondary N) is 2. The number of ether oxygens (including phenoxy) is 1. The van der Waals surface area contributed by atoms with Gasteiger partial charge in [-0.2, -0.15) is 13.2 Å². The first-order valence-corrected chi connectivity index (χ1v) is 13.4. The van der Waals surface area contributed by atoms with Crippen molar-refractivity contribution in [2.75, 3.05) is 50.0 Å². The van der Waals surface area contributed by atoms with E-state index in [1.807, 2.05) is 23.9 Å². The molecule has 228 valence electrons. The Morgan fingerprint density at radius 1 is 1.14 bits per heavy atom. The second kappa shape index (κ2) is 12.1. The van der Waals surface area contributed by atoms with Crippen molar-refractivity contribution in [3.8, 4) is 0 Å². The molecule has 0 spiro atoms. The van der Waals surface area contributed by atoms with Crippen molar-refractivity contribution in [2.45, 2.75) is 45.5 Å². The molecule has 4 rings (SSSR count). The number of likely N-dealkylation sites (N-methyl/N-ethyl adjacent to an activating group) is 1. The molecule has 0 bridgehead atoms. The molecule has 0 radical (unpaired) electrons. The van der Waals surface area contributed by atoms with Gasteiger partial charge in [-0.1, -0.05) is 6.08 Å². The lowest BCUT2D eigenvalue weighted by Crippen LogP contribution is -2.50. The molecule has 14 heteroatoms. The van der Waals surface area contributed by atoms with Crippen LogP contribution in [0.1, 0.15) is 48.7 Å². The number of rotatable bonds is 5. The third-order valence-electron chi connectivity index (χ3n) is 7.34. The summed E-state index contributed by atoms with van der Waals surface area (Å²) in [7, 11) is 1.89. The van der Waals surface area contributed by atoms with Crippen molar-refractivity contribution in [3.63, 3.8) is 0 Å². The zero-order valence-electron chi connectivity index (χ0n) is 23.6. The second-order valence-corrected chi connectivity index (χ2v) is 10.7. The summed E-state index contributed by atoms with van der Waals surface area (Å²) in [4.78, 5) is 44.1. The van der Waals surface area contributed by atoms with Gasteiger partial charge in [-0.25, -0.2) is 13.6 Å². The van der Waals surface area contributed by atoms with Crippen LogP contribution in [0.2, 0.25) is 0 Å². The number of alkyl halides is 3. The number of H-pyrrole nitrogens is 1. The number of piperazine rings is 1. The van der Waals surface area contributed by atoms with Gasteiger partial charge in [-0.15, -0.1) is 0 Å². The van der Waals surface area contributed by atoms with E-state index >= 15 is 8.78 Å². The number of benzene rings is 1. The summed E-state index contributed by atoms with van der Waals surface area (Å²) in [6.07, 6.45) is -3.82. The first kappa shape index (κ1) is 31.0. The number of hydrogen-bond acceptors (Lipinski definition) is 6. The number of anilines is 2. The fourth-order valence-electron chi connectivity index (χ4n) is 4.95. The molecule has 2 aliphatic heterocycles. The molecule has 1 fully saturated rings.